The molecule has 0 unspecified atom stereocenters. The minimum atomic E-state index is -3.97. The number of nitrogens with zero attached hydrogens (tertiary/aromatic N) is 2. The topological polar surface area (TPSA) is 119 Å². The Morgan fingerprint density at radius 3 is 2.41 bits per heavy atom. The molecule has 0 bridgehead atoms. The molecule has 0 radical (unpaired) electrons. The Balaban J connectivity index is 2.30. The Kier molecular flexibility index (Phi) is 6.75. The Morgan fingerprint density at radius 1 is 1.28 bits per heavy atom. The monoisotopic (exact) mass is 425 g/mol. The zero-order valence-corrected chi connectivity index (χ0v) is 16.8. The molecule has 1 amide bonds. The van der Waals surface area contributed by atoms with Gasteiger partial charge in [-0.15, -0.1) is 0 Å². The van der Waals surface area contributed by atoms with Crippen LogP contribution in [-0.2, 0) is 14.8 Å². The number of methoxy groups -OCH3 is 1. The first-order valence-electron chi connectivity index (χ1n) is 8.38. The molecule has 0 aliphatic rings. The Bertz CT molecular complexity index is 1010. The summed E-state index contributed by atoms with van der Waals surface area (Å²) >= 11 is 0. The lowest BCUT2D eigenvalue weighted by Gasteiger charge is -2.24. The summed E-state index contributed by atoms with van der Waals surface area (Å²) < 4.78 is 43.5. The number of nitro benzene ring substituents is 1. The smallest absolute Gasteiger partial charge is 0.271 e. The number of hydrogen-bond acceptors (Lipinski definition) is 6. The molecule has 2 rings (SSSR count). The lowest BCUT2D eigenvalue weighted by Crippen LogP contribution is -2.41. The Morgan fingerprint density at radius 2 is 1.90 bits per heavy atom. The first-order chi connectivity index (χ1) is 13.5. The van der Waals surface area contributed by atoms with Gasteiger partial charge in [0, 0.05) is 12.1 Å². The fourth-order valence-corrected chi connectivity index (χ4v) is 3.47. The summed E-state index contributed by atoms with van der Waals surface area (Å²) in [5.41, 5.74) is 0.141. The number of hydrogen-bond donors (Lipinski definition) is 1. The maximum Gasteiger partial charge on any atom is 0.271 e. The molecule has 0 saturated carbocycles. The van der Waals surface area contributed by atoms with Crippen LogP contribution in [-0.4, -0.2) is 39.2 Å². The number of benzene rings is 2. The van der Waals surface area contributed by atoms with Gasteiger partial charge < -0.3 is 10.1 Å². The summed E-state index contributed by atoms with van der Waals surface area (Å²) in [4.78, 5) is 22.9. The molecule has 2 aromatic carbocycles. The molecule has 0 heterocycles. The average Bonchev–Trinajstić information content (AvgIpc) is 2.65. The Labute approximate surface area is 167 Å². The summed E-state index contributed by atoms with van der Waals surface area (Å²) in [5, 5.41) is 13.7. The standard InChI is InChI=1S/C18H20FN3O6S/c1-12(13-4-6-14(19)7-5-13)20-18(23)11-21(29(3,26)27)16-10-15(22(24)25)8-9-17(16)28-2/h4-10,12H,11H2,1-3H3,(H,20,23)/t12-/m1/s1. The minimum absolute atomic E-state index is 0.0559. The quantitative estimate of drug-likeness (QED) is 0.512. The maximum atomic E-state index is 13.0. The van der Waals surface area contributed by atoms with Gasteiger partial charge in [0.05, 0.1) is 24.3 Å². The summed E-state index contributed by atoms with van der Waals surface area (Å²) in [7, 11) is -2.69. The van der Waals surface area contributed by atoms with Crippen molar-refractivity contribution in [1.82, 2.24) is 5.32 Å². The van der Waals surface area contributed by atoms with Gasteiger partial charge in [-0.3, -0.25) is 19.2 Å². The van der Waals surface area contributed by atoms with Crippen LogP contribution in [0.4, 0.5) is 15.8 Å². The number of ether oxygens (including phenoxy) is 1. The van der Waals surface area contributed by atoms with Gasteiger partial charge in [0.15, 0.2) is 0 Å². The minimum Gasteiger partial charge on any atom is -0.495 e. The number of nitrogens with one attached hydrogen (secondary N) is 1. The lowest BCUT2D eigenvalue weighted by molar-refractivity contribution is -0.384. The molecule has 0 saturated heterocycles. The van der Waals surface area contributed by atoms with Crippen molar-refractivity contribution in [3.63, 3.8) is 0 Å². The third-order valence-corrected chi connectivity index (χ3v) is 5.20. The van der Waals surface area contributed by atoms with E-state index in [1.807, 2.05) is 0 Å². The predicted octanol–water partition coefficient (Wildman–Crippen LogP) is 2.39. The highest BCUT2D eigenvalue weighted by molar-refractivity contribution is 7.92. The molecule has 0 spiro atoms. The number of rotatable bonds is 8. The van der Waals surface area contributed by atoms with Crippen LogP contribution in [0.25, 0.3) is 0 Å². The van der Waals surface area contributed by atoms with E-state index in [1.54, 1.807) is 6.92 Å². The van der Waals surface area contributed by atoms with Crippen LogP contribution in [0.1, 0.15) is 18.5 Å². The van der Waals surface area contributed by atoms with Crippen LogP contribution in [0.3, 0.4) is 0 Å². The molecule has 9 nitrogen and oxygen atoms in total. The number of nitro groups is 1. The van der Waals surface area contributed by atoms with Crippen LogP contribution in [0.15, 0.2) is 42.5 Å². The average molecular weight is 425 g/mol. The number of halogens is 1. The van der Waals surface area contributed by atoms with Crippen molar-refractivity contribution in [3.05, 3.63) is 64.0 Å². The van der Waals surface area contributed by atoms with Crippen LogP contribution in [0.5, 0.6) is 5.75 Å². The molecular weight excluding hydrogens is 405 g/mol. The molecule has 0 fully saturated rings. The summed E-state index contributed by atoms with van der Waals surface area (Å²) in [6.45, 7) is 1.03. The van der Waals surface area contributed by atoms with E-state index in [0.29, 0.717) is 5.56 Å². The van der Waals surface area contributed by atoms with E-state index < -0.39 is 39.3 Å². The summed E-state index contributed by atoms with van der Waals surface area (Å²) in [6.07, 6.45) is 0.877. The molecule has 0 aliphatic heterocycles. The van der Waals surface area contributed by atoms with Gasteiger partial charge in [-0.2, -0.15) is 0 Å². The van der Waals surface area contributed by atoms with E-state index in [1.165, 1.54) is 43.5 Å². The van der Waals surface area contributed by atoms with Gasteiger partial charge >= 0.3 is 0 Å². The first kappa shape index (κ1) is 22.1. The highest BCUT2D eigenvalue weighted by atomic mass is 32.2. The second-order valence-corrected chi connectivity index (χ2v) is 8.13. The zero-order chi connectivity index (χ0) is 21.8. The summed E-state index contributed by atoms with van der Waals surface area (Å²) in [6, 6.07) is 8.41. The number of anilines is 1. The van der Waals surface area contributed by atoms with E-state index in [-0.39, 0.29) is 17.1 Å². The number of amides is 1. The fraction of sp³-hybridized carbons (Fsp3) is 0.278. The molecule has 1 N–H and O–H groups in total. The molecule has 0 aliphatic carbocycles. The number of carbonyl (C=O) groups excluding carboxylic acids is 1. The normalized spacial score (nSPS) is 12.1. The van der Waals surface area contributed by atoms with Gasteiger partial charge in [-0.25, -0.2) is 12.8 Å². The van der Waals surface area contributed by atoms with Gasteiger partial charge in [0.2, 0.25) is 15.9 Å². The molecule has 156 valence electrons. The van der Waals surface area contributed by atoms with Crippen LogP contribution >= 0.6 is 0 Å². The van der Waals surface area contributed by atoms with Crippen molar-refractivity contribution in [2.24, 2.45) is 0 Å². The lowest BCUT2D eigenvalue weighted by atomic mass is 10.1. The van der Waals surface area contributed by atoms with Gasteiger partial charge in [0.25, 0.3) is 5.69 Å². The van der Waals surface area contributed by atoms with E-state index >= 15 is 0 Å². The van der Waals surface area contributed by atoms with E-state index in [9.17, 15) is 27.7 Å². The third-order valence-electron chi connectivity index (χ3n) is 4.08. The molecular formula is C18H20FN3O6S. The van der Waals surface area contributed by atoms with Gasteiger partial charge in [-0.1, -0.05) is 12.1 Å². The van der Waals surface area contributed by atoms with Gasteiger partial charge in [0.1, 0.15) is 23.8 Å². The number of non-ortho nitro benzene ring substituents is 1. The number of carbonyl (C=O) groups is 1. The van der Waals surface area contributed by atoms with E-state index in [2.05, 4.69) is 5.32 Å². The molecule has 1 atom stereocenters. The highest BCUT2D eigenvalue weighted by Gasteiger charge is 2.26. The van der Waals surface area contributed by atoms with E-state index in [4.69, 9.17) is 4.74 Å². The summed E-state index contributed by atoms with van der Waals surface area (Å²) in [5.74, 6) is -1.02. The molecule has 0 aromatic heterocycles. The predicted molar refractivity (Wildman–Crippen MR) is 105 cm³/mol. The van der Waals surface area contributed by atoms with Crippen LogP contribution in [0.2, 0.25) is 0 Å². The van der Waals surface area contributed by atoms with Crippen molar-refractivity contribution >= 4 is 27.3 Å². The third kappa shape index (κ3) is 5.64. The van der Waals surface area contributed by atoms with Crippen molar-refractivity contribution in [3.8, 4) is 5.75 Å². The second kappa shape index (κ2) is 8.86. The highest BCUT2D eigenvalue weighted by Crippen LogP contribution is 2.33. The zero-order valence-electron chi connectivity index (χ0n) is 16.0. The van der Waals surface area contributed by atoms with Crippen molar-refractivity contribution in [1.29, 1.82) is 0 Å². The molecule has 11 heteroatoms. The first-order valence-corrected chi connectivity index (χ1v) is 10.2. The van der Waals surface area contributed by atoms with Gasteiger partial charge in [-0.05, 0) is 30.7 Å². The number of sulfonamides is 1. The SMILES string of the molecule is COc1ccc([N+](=O)[O-])cc1N(CC(=O)N[C@H](C)c1ccc(F)cc1)S(C)(=O)=O. The van der Waals surface area contributed by atoms with E-state index in [0.717, 1.165) is 16.6 Å². The Hall–Kier alpha value is -3.21. The largest absolute Gasteiger partial charge is 0.495 e. The molecule has 2 aromatic rings. The second-order valence-electron chi connectivity index (χ2n) is 6.22. The molecule has 29 heavy (non-hydrogen) atoms. The van der Waals surface area contributed by atoms with Crippen molar-refractivity contribution < 1.29 is 27.3 Å². The van der Waals surface area contributed by atoms with Crippen LogP contribution < -0.4 is 14.4 Å². The maximum absolute atomic E-state index is 13.0. The fourth-order valence-electron chi connectivity index (χ4n) is 2.62. The van der Waals surface area contributed by atoms with Crippen molar-refractivity contribution in [2.45, 2.75) is 13.0 Å². The van der Waals surface area contributed by atoms with Crippen LogP contribution in [0, 0.1) is 15.9 Å². The van der Waals surface area contributed by atoms with Crippen molar-refractivity contribution in [2.75, 3.05) is 24.2 Å².